The molecule has 0 aliphatic rings. The number of carbonyl (C=O) groups excluding carboxylic acids is 1. The number of amides is 1. The summed E-state index contributed by atoms with van der Waals surface area (Å²) >= 11 is 1.18. The van der Waals surface area contributed by atoms with Gasteiger partial charge < -0.3 is 10.3 Å². The van der Waals surface area contributed by atoms with Crippen molar-refractivity contribution in [1.82, 2.24) is 14.5 Å². The molecular formula is C27H21FN4O2S. The van der Waals surface area contributed by atoms with Gasteiger partial charge in [0.25, 0.3) is 5.56 Å². The normalized spacial score (nSPS) is 11.0. The molecular weight excluding hydrogens is 463 g/mol. The highest BCUT2D eigenvalue weighted by Gasteiger charge is 2.16. The molecule has 2 N–H and O–H groups in total. The predicted octanol–water partition coefficient (Wildman–Crippen LogP) is 5.31. The second-order valence-electron chi connectivity index (χ2n) is 7.92. The number of hydrogen-bond donors (Lipinski definition) is 2. The zero-order chi connectivity index (χ0) is 24.2. The van der Waals surface area contributed by atoms with Crippen molar-refractivity contribution in [2.75, 3.05) is 11.1 Å². The fourth-order valence-corrected chi connectivity index (χ4v) is 4.53. The Morgan fingerprint density at radius 1 is 0.971 bits per heavy atom. The largest absolute Gasteiger partial charge is 0.349 e. The van der Waals surface area contributed by atoms with E-state index < -0.39 is 0 Å². The second-order valence-corrected chi connectivity index (χ2v) is 8.87. The molecule has 0 aliphatic heterocycles. The molecule has 3 aromatic carbocycles. The third-order valence-corrected chi connectivity index (χ3v) is 6.41. The Labute approximate surface area is 204 Å². The third kappa shape index (κ3) is 5.17. The lowest BCUT2D eigenvalue weighted by molar-refractivity contribution is -0.113. The lowest BCUT2D eigenvalue weighted by atomic mass is 10.2. The van der Waals surface area contributed by atoms with Crippen LogP contribution in [0.25, 0.3) is 22.3 Å². The van der Waals surface area contributed by atoms with Crippen LogP contribution in [0, 0.1) is 5.82 Å². The van der Waals surface area contributed by atoms with Crippen LogP contribution in [0.3, 0.4) is 0 Å². The number of nitrogens with one attached hydrogen (secondary N) is 2. The van der Waals surface area contributed by atoms with Gasteiger partial charge in [-0.25, -0.2) is 9.37 Å². The maximum atomic E-state index is 13.5. The lowest BCUT2D eigenvalue weighted by Gasteiger charge is -2.12. The summed E-state index contributed by atoms with van der Waals surface area (Å²) < 4.78 is 14.7. The van der Waals surface area contributed by atoms with E-state index in [1.165, 1.54) is 36.0 Å². The molecule has 0 saturated heterocycles. The van der Waals surface area contributed by atoms with Crippen molar-refractivity contribution in [3.05, 3.63) is 113 Å². The molecule has 8 heteroatoms. The minimum atomic E-state index is -0.374. The van der Waals surface area contributed by atoms with Crippen molar-refractivity contribution >= 4 is 34.4 Å². The Morgan fingerprint density at radius 2 is 1.66 bits per heavy atom. The molecule has 0 unspecified atom stereocenters. The molecule has 0 spiro atoms. The average Bonchev–Trinajstić information content (AvgIpc) is 3.32. The van der Waals surface area contributed by atoms with E-state index >= 15 is 0 Å². The van der Waals surface area contributed by atoms with Crippen LogP contribution < -0.4 is 10.9 Å². The quantitative estimate of drug-likeness (QED) is 0.242. The Hall–Kier alpha value is -4.17. The van der Waals surface area contributed by atoms with E-state index in [-0.39, 0.29) is 23.0 Å². The Kier molecular flexibility index (Phi) is 6.45. The molecule has 0 aliphatic carbocycles. The fourth-order valence-electron chi connectivity index (χ4n) is 3.73. The van der Waals surface area contributed by atoms with Gasteiger partial charge in [-0.2, -0.15) is 0 Å². The number of H-pyrrole nitrogens is 1. The summed E-state index contributed by atoms with van der Waals surface area (Å²) in [5.41, 5.74) is 3.95. The molecule has 0 bridgehead atoms. The number of fused-ring (bicyclic) bond motifs is 1. The second kappa shape index (κ2) is 9.99. The fraction of sp³-hybridized carbons (Fsp3) is 0.0741. The molecule has 1 amide bonds. The van der Waals surface area contributed by atoms with Gasteiger partial charge >= 0.3 is 0 Å². The minimum absolute atomic E-state index is 0.0417. The minimum Gasteiger partial charge on any atom is -0.349 e. The zero-order valence-electron chi connectivity index (χ0n) is 18.6. The van der Waals surface area contributed by atoms with Crippen LogP contribution >= 0.6 is 11.8 Å². The first-order chi connectivity index (χ1) is 17.1. The van der Waals surface area contributed by atoms with Crippen molar-refractivity contribution in [1.29, 1.82) is 0 Å². The number of hydrogen-bond acceptors (Lipinski definition) is 4. The van der Waals surface area contributed by atoms with E-state index in [9.17, 15) is 14.0 Å². The van der Waals surface area contributed by atoms with Crippen LogP contribution in [0.1, 0.15) is 5.56 Å². The van der Waals surface area contributed by atoms with Gasteiger partial charge in [-0.3, -0.25) is 14.2 Å². The van der Waals surface area contributed by atoms with E-state index in [0.29, 0.717) is 28.4 Å². The summed E-state index contributed by atoms with van der Waals surface area (Å²) in [4.78, 5) is 34.0. The highest BCUT2D eigenvalue weighted by atomic mass is 32.2. The Bertz CT molecular complexity index is 1530. The van der Waals surface area contributed by atoms with Crippen LogP contribution in [0.4, 0.5) is 10.1 Å². The van der Waals surface area contributed by atoms with Crippen LogP contribution in [0.2, 0.25) is 0 Å². The molecule has 0 atom stereocenters. The number of rotatable bonds is 7. The van der Waals surface area contributed by atoms with Gasteiger partial charge in [-0.15, -0.1) is 0 Å². The lowest BCUT2D eigenvalue weighted by Crippen LogP contribution is -2.25. The number of aromatic nitrogens is 3. The van der Waals surface area contributed by atoms with E-state index in [4.69, 9.17) is 4.98 Å². The average molecular weight is 485 g/mol. The van der Waals surface area contributed by atoms with Gasteiger partial charge in [-0.05, 0) is 41.5 Å². The van der Waals surface area contributed by atoms with Gasteiger partial charge in [0.15, 0.2) is 5.16 Å². The Morgan fingerprint density at radius 3 is 2.37 bits per heavy atom. The molecule has 174 valence electrons. The predicted molar refractivity (Wildman–Crippen MR) is 137 cm³/mol. The number of halogens is 1. The molecule has 2 aromatic heterocycles. The monoisotopic (exact) mass is 484 g/mol. The maximum absolute atomic E-state index is 13.5. The van der Waals surface area contributed by atoms with Crippen LogP contribution in [-0.2, 0) is 11.3 Å². The summed E-state index contributed by atoms with van der Waals surface area (Å²) in [7, 11) is 0. The van der Waals surface area contributed by atoms with E-state index in [1.54, 1.807) is 4.57 Å². The van der Waals surface area contributed by atoms with Crippen LogP contribution in [-0.4, -0.2) is 26.2 Å². The molecule has 35 heavy (non-hydrogen) atoms. The van der Waals surface area contributed by atoms with Gasteiger partial charge in [0.05, 0.1) is 17.8 Å². The molecule has 2 heterocycles. The highest BCUT2D eigenvalue weighted by molar-refractivity contribution is 7.99. The van der Waals surface area contributed by atoms with Crippen molar-refractivity contribution in [3.63, 3.8) is 0 Å². The standard InChI is InChI=1S/C27H21FN4O2S/c28-20-11-13-21(14-12-20)29-24(33)17-35-27-31-23-15-22(19-9-5-2-6-10-19)30-25(23)26(34)32(27)16-18-7-3-1-4-8-18/h1-15,30H,16-17H2,(H,29,33). The molecule has 0 radical (unpaired) electrons. The number of nitrogens with zero attached hydrogens (tertiary/aromatic N) is 2. The summed E-state index contributed by atoms with van der Waals surface area (Å²) in [5.74, 6) is -0.609. The number of benzene rings is 3. The molecule has 0 saturated carbocycles. The first kappa shape index (κ1) is 22.6. The molecule has 5 aromatic rings. The van der Waals surface area contributed by atoms with Gasteiger partial charge in [0.1, 0.15) is 11.3 Å². The van der Waals surface area contributed by atoms with Crippen molar-refractivity contribution in [2.45, 2.75) is 11.7 Å². The molecule has 6 nitrogen and oxygen atoms in total. The van der Waals surface area contributed by atoms with Gasteiger partial charge in [-0.1, -0.05) is 72.4 Å². The Balaban J connectivity index is 1.47. The zero-order valence-corrected chi connectivity index (χ0v) is 19.4. The number of aromatic amines is 1. The van der Waals surface area contributed by atoms with E-state index in [2.05, 4.69) is 10.3 Å². The SMILES string of the molecule is O=C(CSc1nc2cc(-c3ccccc3)[nH]c2c(=O)n1Cc1ccccc1)Nc1ccc(F)cc1. The summed E-state index contributed by atoms with van der Waals surface area (Å²) in [6.07, 6.45) is 0. The number of thioether (sulfide) groups is 1. The number of anilines is 1. The summed E-state index contributed by atoms with van der Waals surface area (Å²) in [5, 5.41) is 3.18. The van der Waals surface area contributed by atoms with Crippen molar-refractivity contribution in [2.24, 2.45) is 0 Å². The number of carbonyl (C=O) groups is 1. The highest BCUT2D eigenvalue weighted by Crippen LogP contribution is 2.24. The van der Waals surface area contributed by atoms with E-state index in [0.717, 1.165) is 16.8 Å². The molecule has 5 rings (SSSR count). The third-order valence-electron chi connectivity index (χ3n) is 5.43. The topological polar surface area (TPSA) is 79.8 Å². The first-order valence-electron chi connectivity index (χ1n) is 11.0. The van der Waals surface area contributed by atoms with Crippen molar-refractivity contribution < 1.29 is 9.18 Å². The van der Waals surface area contributed by atoms with Gasteiger partial charge in [0.2, 0.25) is 5.91 Å². The van der Waals surface area contributed by atoms with Crippen LogP contribution in [0.15, 0.2) is 101 Å². The summed E-state index contributed by atoms with van der Waals surface area (Å²) in [6.45, 7) is 0.324. The first-order valence-corrected chi connectivity index (χ1v) is 12.0. The summed E-state index contributed by atoms with van der Waals surface area (Å²) in [6, 6.07) is 26.8. The van der Waals surface area contributed by atoms with E-state index in [1.807, 2.05) is 66.7 Å². The van der Waals surface area contributed by atoms with Crippen molar-refractivity contribution in [3.8, 4) is 11.3 Å². The molecule has 0 fully saturated rings. The van der Waals surface area contributed by atoms with Gasteiger partial charge in [0, 0.05) is 11.4 Å². The maximum Gasteiger partial charge on any atom is 0.278 e. The smallest absolute Gasteiger partial charge is 0.278 e. The van der Waals surface area contributed by atoms with Crippen LogP contribution in [0.5, 0.6) is 0 Å².